The summed E-state index contributed by atoms with van der Waals surface area (Å²) in [5, 5.41) is 8.87. The SMILES string of the molecule is CC/C=C(\C=C/CF)C(C)(C)C#N. The number of hydrogen-bond donors (Lipinski definition) is 0. The van der Waals surface area contributed by atoms with E-state index in [-0.39, 0.29) is 0 Å². The molecule has 0 aliphatic heterocycles. The minimum atomic E-state index is -0.526. The van der Waals surface area contributed by atoms with E-state index in [0.717, 1.165) is 12.0 Å². The fourth-order valence-electron chi connectivity index (χ4n) is 0.988. The van der Waals surface area contributed by atoms with Gasteiger partial charge < -0.3 is 0 Å². The van der Waals surface area contributed by atoms with Gasteiger partial charge in [0.15, 0.2) is 0 Å². The average Bonchev–Trinajstić information content (AvgIpc) is 2.12. The van der Waals surface area contributed by atoms with E-state index in [1.54, 1.807) is 6.08 Å². The molecular weight excluding hydrogens is 165 g/mol. The number of nitriles is 1. The van der Waals surface area contributed by atoms with Crippen LogP contribution in [-0.2, 0) is 0 Å². The summed E-state index contributed by atoms with van der Waals surface area (Å²) in [7, 11) is 0. The van der Waals surface area contributed by atoms with Crippen LogP contribution < -0.4 is 0 Å². The monoisotopic (exact) mass is 181 g/mol. The van der Waals surface area contributed by atoms with E-state index < -0.39 is 12.1 Å². The zero-order chi connectivity index (χ0) is 10.3. The van der Waals surface area contributed by atoms with Crippen LogP contribution >= 0.6 is 0 Å². The second-order valence-corrected chi connectivity index (χ2v) is 3.36. The summed E-state index contributed by atoms with van der Waals surface area (Å²) in [6.45, 7) is 5.17. The molecule has 72 valence electrons. The highest BCUT2D eigenvalue weighted by molar-refractivity contribution is 5.30. The Hall–Kier alpha value is -1.10. The van der Waals surface area contributed by atoms with Crippen molar-refractivity contribution in [3.8, 4) is 6.07 Å². The lowest BCUT2D eigenvalue weighted by atomic mass is 9.85. The summed E-state index contributed by atoms with van der Waals surface area (Å²) >= 11 is 0. The Morgan fingerprint density at radius 1 is 1.54 bits per heavy atom. The van der Waals surface area contributed by atoms with Crippen LogP contribution in [0.2, 0.25) is 0 Å². The van der Waals surface area contributed by atoms with E-state index in [1.165, 1.54) is 6.08 Å². The Bertz CT molecular complexity index is 243. The highest BCUT2D eigenvalue weighted by Crippen LogP contribution is 2.26. The van der Waals surface area contributed by atoms with Crippen LogP contribution in [0.5, 0.6) is 0 Å². The number of rotatable bonds is 4. The van der Waals surface area contributed by atoms with Crippen LogP contribution in [0.4, 0.5) is 4.39 Å². The van der Waals surface area contributed by atoms with Gasteiger partial charge in [-0.05, 0) is 25.8 Å². The summed E-state index contributed by atoms with van der Waals surface area (Å²) in [5.74, 6) is 0. The molecule has 0 heterocycles. The number of allylic oxidation sites excluding steroid dienone is 4. The van der Waals surface area contributed by atoms with Gasteiger partial charge in [0.1, 0.15) is 6.67 Å². The maximum absolute atomic E-state index is 11.9. The third kappa shape index (κ3) is 3.89. The van der Waals surface area contributed by atoms with Gasteiger partial charge in [0.05, 0.1) is 11.5 Å². The fraction of sp³-hybridized carbons (Fsp3) is 0.545. The predicted molar refractivity (Wildman–Crippen MR) is 52.9 cm³/mol. The molecule has 0 spiro atoms. The van der Waals surface area contributed by atoms with Gasteiger partial charge in [-0.2, -0.15) is 5.26 Å². The van der Waals surface area contributed by atoms with E-state index in [2.05, 4.69) is 6.07 Å². The molecule has 0 aromatic heterocycles. The van der Waals surface area contributed by atoms with Crippen LogP contribution in [0.15, 0.2) is 23.8 Å². The van der Waals surface area contributed by atoms with Crippen molar-refractivity contribution < 1.29 is 4.39 Å². The smallest absolute Gasteiger partial charge is 0.108 e. The van der Waals surface area contributed by atoms with Crippen molar-refractivity contribution in [1.29, 1.82) is 5.26 Å². The highest BCUT2D eigenvalue weighted by atomic mass is 19.1. The van der Waals surface area contributed by atoms with E-state index in [4.69, 9.17) is 5.26 Å². The van der Waals surface area contributed by atoms with Crippen LogP contribution in [0.3, 0.4) is 0 Å². The Labute approximate surface area is 79.6 Å². The molecule has 0 atom stereocenters. The van der Waals surface area contributed by atoms with Crippen molar-refractivity contribution in [3.05, 3.63) is 23.8 Å². The Kier molecular flexibility index (Phi) is 5.06. The minimum absolute atomic E-state index is 0.484. The molecule has 0 radical (unpaired) electrons. The molecule has 0 aromatic rings. The molecule has 0 fully saturated rings. The zero-order valence-corrected chi connectivity index (χ0v) is 8.47. The average molecular weight is 181 g/mol. The molecule has 2 heteroatoms. The van der Waals surface area contributed by atoms with Gasteiger partial charge in [-0.25, -0.2) is 4.39 Å². The first kappa shape index (κ1) is 11.9. The molecule has 0 saturated carbocycles. The van der Waals surface area contributed by atoms with E-state index in [0.29, 0.717) is 0 Å². The molecule has 13 heavy (non-hydrogen) atoms. The molecule has 0 aromatic carbocycles. The van der Waals surface area contributed by atoms with Gasteiger partial charge in [-0.15, -0.1) is 0 Å². The summed E-state index contributed by atoms with van der Waals surface area (Å²) in [4.78, 5) is 0. The second-order valence-electron chi connectivity index (χ2n) is 3.36. The number of nitrogens with zero attached hydrogens (tertiary/aromatic N) is 1. The summed E-state index contributed by atoms with van der Waals surface area (Å²) in [6.07, 6.45) is 5.93. The van der Waals surface area contributed by atoms with Crippen LogP contribution in [0.1, 0.15) is 27.2 Å². The molecule has 0 unspecified atom stereocenters. The first-order chi connectivity index (χ1) is 6.08. The van der Waals surface area contributed by atoms with Crippen molar-refractivity contribution >= 4 is 0 Å². The Morgan fingerprint density at radius 3 is 2.54 bits per heavy atom. The molecule has 0 aliphatic rings. The maximum atomic E-state index is 11.9. The normalized spacial score (nSPS) is 13.3. The van der Waals surface area contributed by atoms with E-state index in [1.807, 2.05) is 26.8 Å². The van der Waals surface area contributed by atoms with Crippen LogP contribution in [-0.4, -0.2) is 6.67 Å². The van der Waals surface area contributed by atoms with Crippen molar-refractivity contribution in [2.24, 2.45) is 5.41 Å². The third-order valence-corrected chi connectivity index (χ3v) is 1.81. The fourth-order valence-corrected chi connectivity index (χ4v) is 0.988. The van der Waals surface area contributed by atoms with Gasteiger partial charge >= 0.3 is 0 Å². The van der Waals surface area contributed by atoms with Gasteiger partial charge in [0.25, 0.3) is 0 Å². The van der Waals surface area contributed by atoms with Crippen molar-refractivity contribution in [1.82, 2.24) is 0 Å². The number of alkyl halides is 1. The molecule has 0 bridgehead atoms. The molecule has 0 amide bonds. The van der Waals surface area contributed by atoms with Gasteiger partial charge in [0.2, 0.25) is 0 Å². The molecule has 1 nitrogen and oxygen atoms in total. The molecule has 0 saturated heterocycles. The van der Waals surface area contributed by atoms with Crippen molar-refractivity contribution in [3.63, 3.8) is 0 Å². The lowest BCUT2D eigenvalue weighted by Crippen LogP contribution is -2.10. The summed E-state index contributed by atoms with van der Waals surface area (Å²) in [5.41, 5.74) is 0.358. The largest absolute Gasteiger partial charge is 0.247 e. The standard InChI is InChI=1S/C11H16FN/c1-4-6-10(7-5-8-12)11(2,3)9-13/h5-7H,4,8H2,1-3H3/b7-5-,10-6+. The topological polar surface area (TPSA) is 23.8 Å². The number of hydrogen-bond acceptors (Lipinski definition) is 1. The number of halogens is 1. The Balaban J connectivity index is 4.74. The first-order valence-electron chi connectivity index (χ1n) is 4.43. The van der Waals surface area contributed by atoms with Crippen LogP contribution in [0.25, 0.3) is 0 Å². The quantitative estimate of drug-likeness (QED) is 0.610. The molecular formula is C11H16FN. The predicted octanol–water partition coefficient (Wildman–Crippen LogP) is 3.40. The maximum Gasteiger partial charge on any atom is 0.108 e. The van der Waals surface area contributed by atoms with Crippen LogP contribution in [0, 0.1) is 16.7 Å². The van der Waals surface area contributed by atoms with Crippen molar-refractivity contribution in [2.75, 3.05) is 6.67 Å². The van der Waals surface area contributed by atoms with Gasteiger partial charge in [-0.3, -0.25) is 0 Å². The van der Waals surface area contributed by atoms with E-state index >= 15 is 0 Å². The lowest BCUT2D eigenvalue weighted by molar-refractivity contribution is 0.559. The van der Waals surface area contributed by atoms with Gasteiger partial charge in [0, 0.05) is 0 Å². The molecule has 0 aliphatic carbocycles. The van der Waals surface area contributed by atoms with E-state index in [9.17, 15) is 4.39 Å². The van der Waals surface area contributed by atoms with Gasteiger partial charge in [-0.1, -0.05) is 25.2 Å². The minimum Gasteiger partial charge on any atom is -0.247 e. The second kappa shape index (κ2) is 5.53. The van der Waals surface area contributed by atoms with Crippen molar-refractivity contribution in [2.45, 2.75) is 27.2 Å². The third-order valence-electron chi connectivity index (χ3n) is 1.81. The lowest BCUT2D eigenvalue weighted by Gasteiger charge is -2.16. The molecule has 0 N–H and O–H groups in total. The highest BCUT2D eigenvalue weighted by Gasteiger charge is 2.19. The summed E-state index contributed by atoms with van der Waals surface area (Å²) < 4.78 is 11.9. The summed E-state index contributed by atoms with van der Waals surface area (Å²) in [6, 6.07) is 2.19. The first-order valence-corrected chi connectivity index (χ1v) is 4.43. The Morgan fingerprint density at radius 2 is 2.15 bits per heavy atom. The molecule has 0 rings (SSSR count). The zero-order valence-electron chi connectivity index (χ0n) is 8.47.